The van der Waals surface area contributed by atoms with Crippen LogP contribution in [-0.4, -0.2) is 33.4 Å². The number of para-hydroxylation sites is 1. The average molecular weight is 293 g/mol. The summed E-state index contributed by atoms with van der Waals surface area (Å²) in [7, 11) is 5.35. The Morgan fingerprint density at radius 3 is 2.14 bits per heavy atom. The van der Waals surface area contributed by atoms with Crippen LogP contribution in [0.3, 0.4) is 0 Å². The van der Waals surface area contributed by atoms with Gasteiger partial charge in [-0.1, -0.05) is 19.9 Å². The van der Waals surface area contributed by atoms with Crippen molar-refractivity contribution >= 4 is 0 Å². The van der Waals surface area contributed by atoms with E-state index in [0.29, 0.717) is 11.8 Å². The van der Waals surface area contributed by atoms with Crippen LogP contribution in [0.4, 0.5) is 0 Å². The fraction of sp³-hybridized carbons (Fsp3) is 0.647. The Morgan fingerprint density at radius 1 is 1.14 bits per heavy atom. The van der Waals surface area contributed by atoms with E-state index in [0.717, 1.165) is 30.8 Å². The second-order valence-electron chi connectivity index (χ2n) is 5.62. The summed E-state index contributed by atoms with van der Waals surface area (Å²) in [4.78, 5) is 0. The van der Waals surface area contributed by atoms with E-state index in [9.17, 15) is 0 Å². The molecule has 0 bridgehead atoms. The minimum Gasteiger partial charge on any atom is -0.493 e. The van der Waals surface area contributed by atoms with Crippen molar-refractivity contribution < 1.29 is 14.2 Å². The Morgan fingerprint density at radius 2 is 1.71 bits per heavy atom. The maximum atomic E-state index is 6.33. The lowest BCUT2D eigenvalue weighted by atomic mass is 9.58. The summed E-state index contributed by atoms with van der Waals surface area (Å²) in [6.07, 6.45) is 3.39. The summed E-state index contributed by atoms with van der Waals surface area (Å²) in [6, 6.07) is 6.24. The van der Waals surface area contributed by atoms with Crippen molar-refractivity contribution in [3.63, 3.8) is 0 Å². The van der Waals surface area contributed by atoms with Gasteiger partial charge in [-0.15, -0.1) is 0 Å². The predicted octanol–water partition coefficient (Wildman–Crippen LogP) is 3.25. The molecule has 21 heavy (non-hydrogen) atoms. The highest BCUT2D eigenvalue weighted by Crippen LogP contribution is 2.51. The first kappa shape index (κ1) is 16.0. The number of hydrogen-bond donors (Lipinski definition) is 1. The molecule has 2 unspecified atom stereocenters. The number of rotatable bonds is 7. The van der Waals surface area contributed by atoms with E-state index in [-0.39, 0.29) is 11.5 Å². The summed E-state index contributed by atoms with van der Waals surface area (Å²) in [5, 5.41) is 3.42. The molecule has 0 radical (unpaired) electrons. The third-order valence-electron chi connectivity index (χ3n) is 5.09. The van der Waals surface area contributed by atoms with Gasteiger partial charge in [-0.3, -0.25) is 0 Å². The van der Waals surface area contributed by atoms with Crippen molar-refractivity contribution in [2.45, 2.75) is 45.3 Å². The van der Waals surface area contributed by atoms with Gasteiger partial charge in [0.15, 0.2) is 11.5 Å². The van der Waals surface area contributed by atoms with Crippen LogP contribution in [0, 0.1) is 5.41 Å². The van der Waals surface area contributed by atoms with Crippen molar-refractivity contribution in [1.29, 1.82) is 0 Å². The van der Waals surface area contributed by atoms with Gasteiger partial charge in [-0.2, -0.15) is 0 Å². The third kappa shape index (κ3) is 2.57. The first-order valence-corrected chi connectivity index (χ1v) is 7.71. The maximum Gasteiger partial charge on any atom is 0.203 e. The number of ether oxygens (including phenoxy) is 3. The fourth-order valence-corrected chi connectivity index (χ4v) is 3.59. The summed E-state index contributed by atoms with van der Waals surface area (Å²) in [5.74, 6) is 2.17. The van der Waals surface area contributed by atoms with Crippen molar-refractivity contribution in [1.82, 2.24) is 5.32 Å². The molecular formula is C17H27NO3. The smallest absolute Gasteiger partial charge is 0.203 e. The van der Waals surface area contributed by atoms with Gasteiger partial charge in [0.05, 0.1) is 14.2 Å². The number of benzene rings is 1. The summed E-state index contributed by atoms with van der Waals surface area (Å²) < 4.78 is 17.2. The van der Waals surface area contributed by atoms with Gasteiger partial charge in [0.1, 0.15) is 6.10 Å². The first-order chi connectivity index (χ1) is 10.2. The second kappa shape index (κ2) is 6.56. The van der Waals surface area contributed by atoms with Crippen molar-refractivity contribution in [2.75, 3.05) is 21.3 Å². The van der Waals surface area contributed by atoms with Crippen LogP contribution in [-0.2, 0) is 0 Å². The van der Waals surface area contributed by atoms with Crippen LogP contribution in [0.15, 0.2) is 18.2 Å². The zero-order chi connectivity index (χ0) is 15.5. The van der Waals surface area contributed by atoms with Crippen molar-refractivity contribution in [3.05, 3.63) is 18.2 Å². The quantitative estimate of drug-likeness (QED) is 0.837. The Balaban J connectivity index is 2.26. The van der Waals surface area contributed by atoms with Gasteiger partial charge in [0, 0.05) is 17.9 Å². The first-order valence-electron chi connectivity index (χ1n) is 7.71. The molecule has 2 atom stereocenters. The van der Waals surface area contributed by atoms with Gasteiger partial charge in [-0.05, 0) is 32.0 Å². The van der Waals surface area contributed by atoms with E-state index in [1.807, 2.05) is 25.2 Å². The molecule has 1 aromatic carbocycles. The third-order valence-corrected chi connectivity index (χ3v) is 5.09. The highest BCUT2D eigenvalue weighted by molar-refractivity contribution is 5.51. The number of methoxy groups -OCH3 is 2. The van der Waals surface area contributed by atoms with Crippen molar-refractivity contribution in [3.8, 4) is 17.2 Å². The predicted molar refractivity (Wildman–Crippen MR) is 84.4 cm³/mol. The largest absolute Gasteiger partial charge is 0.493 e. The van der Waals surface area contributed by atoms with E-state index in [4.69, 9.17) is 14.2 Å². The van der Waals surface area contributed by atoms with Crippen LogP contribution in [0.25, 0.3) is 0 Å². The molecule has 0 spiro atoms. The standard InChI is InChI=1S/C17H27NO3/c1-6-17(7-2)14(18-3)11-15(17)21-16-12(19-4)9-8-10-13(16)20-5/h8-10,14-15,18H,6-7,11H2,1-5H3. The van der Waals surface area contributed by atoms with E-state index in [2.05, 4.69) is 19.2 Å². The number of hydrogen-bond acceptors (Lipinski definition) is 4. The lowest BCUT2D eigenvalue weighted by Gasteiger charge is -2.55. The molecule has 118 valence electrons. The molecular weight excluding hydrogens is 266 g/mol. The summed E-state index contributed by atoms with van der Waals surface area (Å²) in [5.41, 5.74) is 0.181. The van der Waals surface area contributed by atoms with Crippen LogP contribution >= 0.6 is 0 Å². The SMILES string of the molecule is CCC1(CC)C(NC)CC1Oc1c(OC)cccc1OC. The molecule has 0 amide bonds. The molecule has 1 aliphatic carbocycles. The molecule has 0 saturated heterocycles. The highest BCUT2D eigenvalue weighted by atomic mass is 16.5. The Labute approximate surface area is 127 Å². The normalized spacial score (nSPS) is 23.3. The van der Waals surface area contributed by atoms with Gasteiger partial charge in [0.25, 0.3) is 0 Å². The topological polar surface area (TPSA) is 39.7 Å². The molecule has 4 heteroatoms. The summed E-state index contributed by atoms with van der Waals surface area (Å²) >= 11 is 0. The van der Waals surface area contributed by atoms with Gasteiger partial charge >= 0.3 is 0 Å². The molecule has 1 aliphatic rings. The Kier molecular flexibility index (Phi) is 4.99. The molecule has 0 aliphatic heterocycles. The zero-order valence-electron chi connectivity index (χ0n) is 13.7. The molecule has 1 aromatic rings. The minimum atomic E-state index is 0.181. The van der Waals surface area contributed by atoms with E-state index >= 15 is 0 Å². The fourth-order valence-electron chi connectivity index (χ4n) is 3.59. The molecule has 0 heterocycles. The van der Waals surface area contributed by atoms with Crippen LogP contribution < -0.4 is 19.5 Å². The molecule has 1 fully saturated rings. The maximum absolute atomic E-state index is 6.33. The Bertz CT molecular complexity index is 449. The monoisotopic (exact) mass is 293 g/mol. The molecule has 1 saturated carbocycles. The van der Waals surface area contributed by atoms with E-state index in [1.54, 1.807) is 14.2 Å². The lowest BCUT2D eigenvalue weighted by molar-refractivity contribution is -0.0851. The molecule has 1 N–H and O–H groups in total. The lowest BCUT2D eigenvalue weighted by Crippen LogP contribution is -2.63. The van der Waals surface area contributed by atoms with Gasteiger partial charge in [-0.25, -0.2) is 0 Å². The average Bonchev–Trinajstić information content (AvgIpc) is 2.52. The zero-order valence-corrected chi connectivity index (χ0v) is 13.7. The van der Waals surface area contributed by atoms with Crippen molar-refractivity contribution in [2.24, 2.45) is 5.41 Å². The van der Waals surface area contributed by atoms with Gasteiger partial charge < -0.3 is 19.5 Å². The number of nitrogens with one attached hydrogen (secondary N) is 1. The van der Waals surface area contributed by atoms with E-state index in [1.165, 1.54) is 0 Å². The second-order valence-corrected chi connectivity index (χ2v) is 5.62. The molecule has 0 aromatic heterocycles. The molecule has 4 nitrogen and oxygen atoms in total. The molecule has 2 rings (SSSR count). The van der Waals surface area contributed by atoms with Crippen LogP contribution in [0.2, 0.25) is 0 Å². The highest BCUT2D eigenvalue weighted by Gasteiger charge is 2.54. The van der Waals surface area contributed by atoms with E-state index < -0.39 is 0 Å². The van der Waals surface area contributed by atoms with Crippen LogP contribution in [0.1, 0.15) is 33.1 Å². The Hall–Kier alpha value is -1.42. The van der Waals surface area contributed by atoms with Crippen LogP contribution in [0.5, 0.6) is 17.2 Å². The minimum absolute atomic E-state index is 0.181. The van der Waals surface area contributed by atoms with Gasteiger partial charge in [0.2, 0.25) is 5.75 Å². The summed E-state index contributed by atoms with van der Waals surface area (Å²) in [6.45, 7) is 4.48.